The summed E-state index contributed by atoms with van der Waals surface area (Å²) in [5.74, 6) is -0.568. The largest absolute Gasteiger partial charge is 0.377 e. The predicted molar refractivity (Wildman–Crippen MR) is 96.6 cm³/mol. The summed E-state index contributed by atoms with van der Waals surface area (Å²) < 4.78 is 6.99. The monoisotopic (exact) mass is 369 g/mol. The highest BCUT2D eigenvalue weighted by atomic mass is 35.5. The number of rotatable bonds is 6. The van der Waals surface area contributed by atoms with Gasteiger partial charge in [0.05, 0.1) is 29.3 Å². The van der Waals surface area contributed by atoms with Crippen LogP contribution in [-0.4, -0.2) is 27.3 Å². The van der Waals surface area contributed by atoms with Crippen LogP contribution in [0.3, 0.4) is 0 Å². The van der Waals surface area contributed by atoms with E-state index in [1.165, 1.54) is 6.20 Å². The van der Waals surface area contributed by atoms with Gasteiger partial charge in [-0.2, -0.15) is 10.4 Å². The van der Waals surface area contributed by atoms with Crippen molar-refractivity contribution < 1.29 is 9.53 Å². The Hall–Kier alpha value is -2.95. The van der Waals surface area contributed by atoms with Crippen LogP contribution in [0.2, 0.25) is 5.02 Å². The Morgan fingerprint density at radius 1 is 1.42 bits per heavy atom. The van der Waals surface area contributed by atoms with Gasteiger partial charge in [-0.05, 0) is 30.7 Å². The molecule has 0 aliphatic rings. The van der Waals surface area contributed by atoms with Crippen molar-refractivity contribution >= 4 is 28.4 Å². The van der Waals surface area contributed by atoms with Crippen molar-refractivity contribution in [3.05, 3.63) is 58.0 Å². The molecule has 132 valence electrons. The first-order valence-corrected chi connectivity index (χ1v) is 8.31. The molecule has 0 saturated carbocycles. The van der Waals surface area contributed by atoms with Crippen molar-refractivity contribution in [3.8, 4) is 6.07 Å². The van der Waals surface area contributed by atoms with Gasteiger partial charge in [-0.15, -0.1) is 0 Å². The fourth-order valence-corrected chi connectivity index (χ4v) is 2.87. The zero-order valence-electron chi connectivity index (χ0n) is 14.1. The number of amides is 1. The summed E-state index contributed by atoms with van der Waals surface area (Å²) >= 11 is 6.01. The van der Waals surface area contributed by atoms with Gasteiger partial charge < -0.3 is 10.5 Å². The Morgan fingerprint density at radius 2 is 2.23 bits per heavy atom. The van der Waals surface area contributed by atoms with Gasteiger partial charge in [0.2, 0.25) is 0 Å². The second-order valence-corrected chi connectivity index (χ2v) is 6.12. The van der Waals surface area contributed by atoms with Crippen molar-refractivity contribution in [1.82, 2.24) is 14.8 Å². The molecule has 0 atom stereocenters. The topological polar surface area (TPSA) is 107 Å². The molecule has 2 N–H and O–H groups in total. The zero-order chi connectivity index (χ0) is 18.7. The van der Waals surface area contributed by atoms with E-state index in [9.17, 15) is 10.1 Å². The first-order chi connectivity index (χ1) is 12.5. The number of ether oxygens (including phenoxy) is 1. The number of carbonyl (C=O) groups excluding carboxylic acids is 1. The summed E-state index contributed by atoms with van der Waals surface area (Å²) in [4.78, 5) is 16.0. The van der Waals surface area contributed by atoms with E-state index < -0.39 is 5.91 Å². The molecule has 0 bridgehead atoms. The molecule has 0 radical (unpaired) electrons. The number of hydrogen-bond donors (Lipinski definition) is 1. The van der Waals surface area contributed by atoms with E-state index in [2.05, 4.69) is 16.2 Å². The van der Waals surface area contributed by atoms with Crippen molar-refractivity contribution in [2.75, 3.05) is 6.61 Å². The summed E-state index contributed by atoms with van der Waals surface area (Å²) in [5, 5.41) is 14.7. The van der Waals surface area contributed by atoms with Crippen LogP contribution in [0, 0.1) is 11.3 Å². The van der Waals surface area contributed by atoms with E-state index >= 15 is 0 Å². The van der Waals surface area contributed by atoms with Gasteiger partial charge in [0, 0.05) is 30.0 Å². The predicted octanol–water partition coefficient (Wildman–Crippen LogP) is 2.64. The fourth-order valence-electron chi connectivity index (χ4n) is 2.71. The maximum atomic E-state index is 11.8. The zero-order valence-corrected chi connectivity index (χ0v) is 14.8. The lowest BCUT2D eigenvalue weighted by Gasteiger charge is -2.08. The maximum absolute atomic E-state index is 11.8. The molecule has 0 spiro atoms. The Balaban J connectivity index is 2.00. The van der Waals surface area contributed by atoms with Gasteiger partial charge in [-0.25, -0.2) is 0 Å². The van der Waals surface area contributed by atoms with E-state index in [0.29, 0.717) is 46.9 Å². The SMILES string of the molecule is CCOCc1cn(Cc2cc(C(N)=O)c3ncc(Cl)cc3c2)nc1C#N. The molecule has 1 aromatic carbocycles. The third-order valence-corrected chi connectivity index (χ3v) is 4.03. The maximum Gasteiger partial charge on any atom is 0.250 e. The van der Waals surface area contributed by atoms with Crippen LogP contribution in [0.15, 0.2) is 30.6 Å². The number of pyridine rings is 1. The normalized spacial score (nSPS) is 10.8. The van der Waals surface area contributed by atoms with E-state index in [-0.39, 0.29) is 0 Å². The second-order valence-electron chi connectivity index (χ2n) is 5.68. The van der Waals surface area contributed by atoms with Crippen LogP contribution in [0.1, 0.15) is 34.1 Å². The molecule has 3 aromatic rings. The van der Waals surface area contributed by atoms with E-state index in [1.54, 1.807) is 23.0 Å². The number of carbonyl (C=O) groups is 1. The number of nitrogens with zero attached hydrogens (tertiary/aromatic N) is 4. The van der Waals surface area contributed by atoms with Gasteiger partial charge in [0.15, 0.2) is 5.69 Å². The number of hydrogen-bond acceptors (Lipinski definition) is 5. The molecule has 0 unspecified atom stereocenters. The molecule has 2 heterocycles. The van der Waals surface area contributed by atoms with E-state index in [0.717, 1.165) is 11.1 Å². The Kier molecular flexibility index (Phi) is 5.16. The molecule has 0 aliphatic carbocycles. The minimum atomic E-state index is -0.568. The third-order valence-electron chi connectivity index (χ3n) is 3.82. The van der Waals surface area contributed by atoms with Crippen LogP contribution in [0.5, 0.6) is 0 Å². The van der Waals surface area contributed by atoms with Crippen LogP contribution in [0.4, 0.5) is 0 Å². The number of halogens is 1. The van der Waals surface area contributed by atoms with Gasteiger partial charge in [0.25, 0.3) is 5.91 Å². The lowest BCUT2D eigenvalue weighted by molar-refractivity contribution is 0.100. The molecule has 3 rings (SSSR count). The van der Waals surface area contributed by atoms with Gasteiger partial charge in [-0.3, -0.25) is 14.5 Å². The molecule has 0 saturated heterocycles. The van der Waals surface area contributed by atoms with Gasteiger partial charge in [-0.1, -0.05) is 11.6 Å². The average molecular weight is 370 g/mol. The summed E-state index contributed by atoms with van der Waals surface area (Å²) in [6.07, 6.45) is 3.24. The van der Waals surface area contributed by atoms with Crippen LogP contribution in [-0.2, 0) is 17.9 Å². The van der Waals surface area contributed by atoms with Gasteiger partial charge in [0.1, 0.15) is 6.07 Å². The number of nitrogens with two attached hydrogens (primary N) is 1. The number of fused-ring (bicyclic) bond motifs is 1. The molecule has 0 fully saturated rings. The molecular weight excluding hydrogens is 354 g/mol. The smallest absolute Gasteiger partial charge is 0.250 e. The molecule has 0 aliphatic heterocycles. The van der Waals surface area contributed by atoms with Crippen LogP contribution < -0.4 is 5.73 Å². The van der Waals surface area contributed by atoms with E-state index in [4.69, 9.17) is 22.1 Å². The number of primary amides is 1. The summed E-state index contributed by atoms with van der Waals surface area (Å²) in [6, 6.07) is 7.34. The minimum absolute atomic E-state index is 0.316. The van der Waals surface area contributed by atoms with Crippen LogP contribution in [0.25, 0.3) is 10.9 Å². The van der Waals surface area contributed by atoms with Crippen molar-refractivity contribution in [2.45, 2.75) is 20.1 Å². The van der Waals surface area contributed by atoms with E-state index in [1.807, 2.05) is 13.0 Å². The standard InChI is InChI=1S/C18H16ClN5O2/c1-2-26-10-13-9-24(23-16(13)6-20)8-11-3-12-5-14(19)7-22-17(12)15(4-11)18(21)25/h3-5,7,9H,2,8,10H2,1H3,(H2,21,25). The molecule has 2 aromatic heterocycles. The van der Waals surface area contributed by atoms with Crippen molar-refractivity contribution in [2.24, 2.45) is 5.73 Å². The third kappa shape index (κ3) is 3.67. The number of benzene rings is 1. The highest BCUT2D eigenvalue weighted by Crippen LogP contribution is 2.23. The van der Waals surface area contributed by atoms with Gasteiger partial charge >= 0.3 is 0 Å². The second kappa shape index (κ2) is 7.52. The lowest BCUT2D eigenvalue weighted by atomic mass is 10.0. The molecular formula is C18H16ClN5O2. The summed E-state index contributed by atoms with van der Waals surface area (Å²) in [5.41, 5.74) is 8.14. The number of nitriles is 1. The average Bonchev–Trinajstić information content (AvgIpc) is 3.00. The Morgan fingerprint density at radius 3 is 2.92 bits per heavy atom. The summed E-state index contributed by atoms with van der Waals surface area (Å²) in [7, 11) is 0. The Labute approximate surface area is 154 Å². The summed E-state index contributed by atoms with van der Waals surface area (Å²) in [6.45, 7) is 3.12. The minimum Gasteiger partial charge on any atom is -0.377 e. The lowest BCUT2D eigenvalue weighted by Crippen LogP contribution is -2.13. The quantitative estimate of drug-likeness (QED) is 0.718. The Bertz CT molecular complexity index is 1020. The van der Waals surface area contributed by atoms with Crippen molar-refractivity contribution in [3.63, 3.8) is 0 Å². The fraction of sp³-hybridized carbons (Fsp3) is 0.222. The van der Waals surface area contributed by atoms with Crippen molar-refractivity contribution in [1.29, 1.82) is 5.26 Å². The van der Waals surface area contributed by atoms with Crippen LogP contribution >= 0.6 is 11.6 Å². The number of aromatic nitrogens is 3. The molecule has 26 heavy (non-hydrogen) atoms. The highest BCUT2D eigenvalue weighted by molar-refractivity contribution is 6.31. The highest BCUT2D eigenvalue weighted by Gasteiger charge is 2.13. The molecule has 7 nitrogen and oxygen atoms in total. The first kappa shape index (κ1) is 17.9. The molecule has 8 heteroatoms. The molecule has 1 amide bonds. The first-order valence-electron chi connectivity index (χ1n) is 7.94.